The fraction of sp³-hybridized carbons (Fsp3) is 0.125. The zero-order chi connectivity index (χ0) is 9.42. The van der Waals surface area contributed by atoms with Gasteiger partial charge < -0.3 is 9.84 Å². The van der Waals surface area contributed by atoms with Crippen LogP contribution in [0.25, 0.3) is 0 Å². The number of carbonyl (C=O) groups excluding carboxylic acids is 1. The lowest BCUT2D eigenvalue weighted by atomic mass is 10.2. The second-order valence-electron chi connectivity index (χ2n) is 2.65. The number of rotatable bonds is 0. The summed E-state index contributed by atoms with van der Waals surface area (Å²) in [5, 5.41) is 18.8. The minimum absolute atomic E-state index is 0.0292. The Labute approximate surface area is 73.7 Å². The molecule has 1 amide bonds. The molecule has 1 aliphatic rings. The molecule has 1 aliphatic heterocycles. The minimum Gasteiger partial charge on any atom is -0.508 e. The van der Waals surface area contributed by atoms with Crippen LogP contribution in [0.5, 0.6) is 11.5 Å². The van der Waals surface area contributed by atoms with E-state index < -0.39 is 5.91 Å². The van der Waals surface area contributed by atoms with Crippen LogP contribution in [-0.4, -0.2) is 22.8 Å². The number of carbonyl (C=O) groups is 1. The van der Waals surface area contributed by atoms with Crippen molar-refractivity contribution in [2.45, 2.75) is 0 Å². The van der Waals surface area contributed by atoms with Crippen LogP contribution >= 0.6 is 0 Å². The first-order valence-electron chi connectivity index (χ1n) is 3.66. The predicted octanol–water partition coefficient (Wildman–Crippen LogP) is 0.507. The molecular weight excluding hydrogens is 174 g/mol. The molecule has 1 heterocycles. The lowest BCUT2D eigenvalue weighted by molar-refractivity contribution is -0.126. The molecule has 2 N–H and O–H groups in total. The van der Waals surface area contributed by atoms with Crippen molar-refractivity contribution in [3.63, 3.8) is 0 Å². The highest BCUT2D eigenvalue weighted by atomic mass is 16.5. The van der Waals surface area contributed by atoms with Gasteiger partial charge in [-0.3, -0.25) is 10.0 Å². The molecule has 0 saturated carbocycles. The Morgan fingerprint density at radius 2 is 2.23 bits per heavy atom. The summed E-state index contributed by atoms with van der Waals surface area (Å²) in [4.78, 5) is 10.9. The first-order chi connectivity index (χ1) is 6.18. The average Bonchev–Trinajstić information content (AvgIpc) is 2.12. The second kappa shape index (κ2) is 2.63. The molecule has 0 radical (unpaired) electrons. The van der Waals surface area contributed by atoms with E-state index in [0.717, 1.165) is 0 Å². The van der Waals surface area contributed by atoms with E-state index in [1.165, 1.54) is 18.2 Å². The van der Waals surface area contributed by atoms with Crippen molar-refractivity contribution in [1.29, 1.82) is 0 Å². The topological polar surface area (TPSA) is 70.0 Å². The Kier molecular flexibility index (Phi) is 1.60. The van der Waals surface area contributed by atoms with Crippen LogP contribution in [0.2, 0.25) is 0 Å². The molecule has 2 rings (SSSR count). The summed E-state index contributed by atoms with van der Waals surface area (Å²) in [6, 6.07) is 4.11. The molecule has 0 fully saturated rings. The van der Waals surface area contributed by atoms with Crippen molar-refractivity contribution in [2.75, 3.05) is 11.7 Å². The predicted molar refractivity (Wildman–Crippen MR) is 42.9 cm³/mol. The molecule has 0 aliphatic carbocycles. The van der Waals surface area contributed by atoms with Gasteiger partial charge in [0.2, 0.25) is 0 Å². The van der Waals surface area contributed by atoms with Gasteiger partial charge in [0.25, 0.3) is 5.91 Å². The number of benzene rings is 1. The number of phenols is 1. The van der Waals surface area contributed by atoms with Crippen molar-refractivity contribution in [3.8, 4) is 11.5 Å². The molecule has 0 spiro atoms. The van der Waals surface area contributed by atoms with Gasteiger partial charge in [0.15, 0.2) is 6.61 Å². The molecule has 0 aromatic heterocycles. The van der Waals surface area contributed by atoms with E-state index in [0.29, 0.717) is 10.8 Å². The van der Waals surface area contributed by atoms with Crippen molar-refractivity contribution in [3.05, 3.63) is 18.2 Å². The van der Waals surface area contributed by atoms with Crippen LogP contribution in [0.4, 0.5) is 5.69 Å². The van der Waals surface area contributed by atoms with Gasteiger partial charge in [-0.15, -0.1) is 0 Å². The van der Waals surface area contributed by atoms with Gasteiger partial charge in [0.1, 0.15) is 17.2 Å². The molecule has 0 saturated heterocycles. The highest BCUT2D eigenvalue weighted by Gasteiger charge is 2.24. The summed E-state index contributed by atoms with van der Waals surface area (Å²) in [6.45, 7) is -0.215. The lowest BCUT2D eigenvalue weighted by Crippen LogP contribution is -2.35. The van der Waals surface area contributed by atoms with Gasteiger partial charge in [-0.1, -0.05) is 0 Å². The zero-order valence-corrected chi connectivity index (χ0v) is 6.60. The molecular formula is C8H7NO4. The number of hydroxylamine groups is 1. The quantitative estimate of drug-likeness (QED) is 0.572. The summed E-state index contributed by atoms with van der Waals surface area (Å²) in [5.74, 6) is -0.207. The highest BCUT2D eigenvalue weighted by Crippen LogP contribution is 2.33. The van der Waals surface area contributed by atoms with Gasteiger partial charge in [0, 0.05) is 6.07 Å². The van der Waals surface area contributed by atoms with Crippen LogP contribution in [0.3, 0.4) is 0 Å². The number of anilines is 1. The number of phenolic OH excluding ortho intramolecular Hbond substituents is 1. The van der Waals surface area contributed by atoms with Gasteiger partial charge >= 0.3 is 0 Å². The van der Waals surface area contributed by atoms with Crippen molar-refractivity contribution in [1.82, 2.24) is 0 Å². The fourth-order valence-electron chi connectivity index (χ4n) is 1.13. The van der Waals surface area contributed by atoms with Crippen LogP contribution in [-0.2, 0) is 4.79 Å². The molecule has 0 atom stereocenters. The zero-order valence-electron chi connectivity index (χ0n) is 6.60. The summed E-state index contributed by atoms with van der Waals surface area (Å²) < 4.78 is 4.98. The Balaban J connectivity index is 2.49. The van der Waals surface area contributed by atoms with E-state index in [4.69, 9.17) is 9.84 Å². The Morgan fingerprint density at radius 3 is 3.00 bits per heavy atom. The van der Waals surface area contributed by atoms with Crippen LogP contribution in [0.15, 0.2) is 18.2 Å². The standard InChI is InChI=1S/C8H7NO4/c10-5-1-2-6-7(3-5)13-4-8(11)9(6)12/h1-3,10,12H,4H2. The van der Waals surface area contributed by atoms with E-state index in [9.17, 15) is 10.0 Å². The number of hydrogen-bond acceptors (Lipinski definition) is 4. The number of nitrogens with zero attached hydrogens (tertiary/aromatic N) is 1. The SMILES string of the molecule is O=C1COc2cc(O)ccc2N1O. The molecule has 5 nitrogen and oxygen atoms in total. The van der Waals surface area contributed by atoms with Crippen LogP contribution < -0.4 is 9.80 Å². The van der Waals surface area contributed by atoms with Crippen molar-refractivity contribution in [2.24, 2.45) is 0 Å². The molecule has 0 bridgehead atoms. The summed E-state index contributed by atoms with van der Waals surface area (Å²) in [5.41, 5.74) is 0.244. The molecule has 0 unspecified atom stereocenters. The number of fused-ring (bicyclic) bond motifs is 1. The van der Waals surface area contributed by atoms with Gasteiger partial charge in [-0.05, 0) is 12.1 Å². The maximum atomic E-state index is 10.9. The van der Waals surface area contributed by atoms with Gasteiger partial charge in [-0.2, -0.15) is 5.06 Å². The Morgan fingerprint density at radius 1 is 1.46 bits per heavy atom. The molecule has 1 aromatic carbocycles. The highest BCUT2D eigenvalue weighted by molar-refractivity contribution is 5.95. The van der Waals surface area contributed by atoms with E-state index in [1.807, 2.05) is 0 Å². The van der Waals surface area contributed by atoms with E-state index >= 15 is 0 Å². The van der Waals surface area contributed by atoms with Gasteiger partial charge in [0.05, 0.1) is 0 Å². The smallest absolute Gasteiger partial charge is 0.288 e. The number of hydrogen-bond donors (Lipinski definition) is 2. The normalized spacial score (nSPS) is 15.2. The maximum absolute atomic E-state index is 10.9. The van der Waals surface area contributed by atoms with Crippen LogP contribution in [0.1, 0.15) is 0 Å². The summed E-state index contributed by atoms with van der Waals surface area (Å²) >= 11 is 0. The first-order valence-corrected chi connectivity index (χ1v) is 3.66. The fourth-order valence-corrected chi connectivity index (χ4v) is 1.13. The Hall–Kier alpha value is -1.75. The molecule has 5 heteroatoms. The third-order valence-corrected chi connectivity index (χ3v) is 1.76. The van der Waals surface area contributed by atoms with E-state index in [1.54, 1.807) is 0 Å². The molecule has 13 heavy (non-hydrogen) atoms. The largest absolute Gasteiger partial charge is 0.508 e. The Bertz CT molecular complexity index is 363. The number of amides is 1. The number of ether oxygens (including phenoxy) is 1. The van der Waals surface area contributed by atoms with Crippen molar-refractivity contribution < 1.29 is 19.8 Å². The maximum Gasteiger partial charge on any atom is 0.288 e. The van der Waals surface area contributed by atoms with Crippen molar-refractivity contribution >= 4 is 11.6 Å². The monoisotopic (exact) mass is 181 g/mol. The van der Waals surface area contributed by atoms with Crippen LogP contribution in [0, 0.1) is 0 Å². The van der Waals surface area contributed by atoms with E-state index in [2.05, 4.69) is 0 Å². The van der Waals surface area contributed by atoms with E-state index in [-0.39, 0.29) is 18.0 Å². The summed E-state index contributed by atoms with van der Waals surface area (Å²) in [7, 11) is 0. The lowest BCUT2D eigenvalue weighted by Gasteiger charge is -2.23. The molecule has 1 aromatic rings. The third kappa shape index (κ3) is 1.19. The van der Waals surface area contributed by atoms with Gasteiger partial charge in [-0.25, -0.2) is 0 Å². The second-order valence-corrected chi connectivity index (χ2v) is 2.65. The molecule has 68 valence electrons. The average molecular weight is 181 g/mol. The minimum atomic E-state index is -0.529. The first kappa shape index (κ1) is 7.88. The third-order valence-electron chi connectivity index (χ3n) is 1.76. The summed E-state index contributed by atoms with van der Waals surface area (Å²) in [6.07, 6.45) is 0. The number of aromatic hydroxyl groups is 1.